The number of thioether (sulfide) groups is 1. The highest BCUT2D eigenvalue weighted by Crippen LogP contribution is 2.34. The first kappa shape index (κ1) is 24.0. The Kier molecular flexibility index (Phi) is 6.61. The lowest BCUT2D eigenvalue weighted by Gasteiger charge is -2.13. The number of rotatable bonds is 6. The minimum absolute atomic E-state index is 0.146. The largest absolute Gasteiger partial charge is 0.478 e. The Labute approximate surface area is 205 Å². The maximum atomic E-state index is 12.8. The van der Waals surface area contributed by atoms with Gasteiger partial charge < -0.3 is 14.8 Å². The number of carboxylic acid groups (broad SMARTS) is 1. The molecule has 0 saturated carbocycles. The summed E-state index contributed by atoms with van der Waals surface area (Å²) < 4.78 is 5.81. The Morgan fingerprint density at radius 1 is 1.00 bits per heavy atom. The number of aryl methyl sites for hydroxylation is 3. The zero-order chi connectivity index (χ0) is 25.3. The van der Waals surface area contributed by atoms with Crippen LogP contribution in [0.1, 0.15) is 32.8 Å². The lowest BCUT2D eigenvalue weighted by Crippen LogP contribution is -2.36. The van der Waals surface area contributed by atoms with Gasteiger partial charge in [0.15, 0.2) is 0 Å². The number of carboxylic acids is 1. The number of hydrogen-bond donors (Lipinski definition) is 2. The fraction of sp³-hybridized carbons (Fsp3) is 0.154. The Morgan fingerprint density at radius 2 is 1.77 bits per heavy atom. The van der Waals surface area contributed by atoms with Crippen LogP contribution >= 0.6 is 11.8 Å². The summed E-state index contributed by atoms with van der Waals surface area (Å²) in [5.41, 5.74) is 4.31. The molecule has 178 valence electrons. The molecule has 1 aromatic heterocycles. The van der Waals surface area contributed by atoms with Crippen molar-refractivity contribution < 1.29 is 28.7 Å². The van der Waals surface area contributed by atoms with Gasteiger partial charge in [-0.3, -0.25) is 19.3 Å². The molecule has 1 saturated heterocycles. The molecule has 0 bridgehead atoms. The molecular formula is C26H22N2O6S. The zero-order valence-electron chi connectivity index (χ0n) is 19.2. The van der Waals surface area contributed by atoms with Crippen molar-refractivity contribution >= 4 is 46.5 Å². The van der Waals surface area contributed by atoms with E-state index >= 15 is 0 Å². The molecule has 8 nitrogen and oxygen atoms in total. The Hall–Kier alpha value is -4.11. The SMILES string of the molecule is Cc1ccc(NC(=O)CN2C(=O)S/C(=C\c3ccc(-c4ccc(C(=O)O)cc4C)o3)C2=O)cc1C. The maximum absolute atomic E-state index is 12.8. The first-order chi connectivity index (χ1) is 16.6. The van der Waals surface area contributed by atoms with Crippen LogP contribution < -0.4 is 5.32 Å². The topological polar surface area (TPSA) is 117 Å². The van der Waals surface area contributed by atoms with Gasteiger partial charge in [0, 0.05) is 17.3 Å². The summed E-state index contributed by atoms with van der Waals surface area (Å²) >= 11 is 0.736. The molecule has 3 aromatic rings. The Balaban J connectivity index is 1.46. The second-order valence-corrected chi connectivity index (χ2v) is 9.15. The lowest BCUT2D eigenvalue weighted by atomic mass is 10.0. The normalized spacial score (nSPS) is 14.6. The highest BCUT2D eigenvalue weighted by Gasteiger charge is 2.36. The number of furan rings is 1. The van der Waals surface area contributed by atoms with E-state index in [0.717, 1.165) is 33.4 Å². The van der Waals surface area contributed by atoms with Crippen LogP contribution in [0.15, 0.2) is 57.9 Å². The van der Waals surface area contributed by atoms with E-state index in [1.165, 1.54) is 12.1 Å². The standard InChI is InChI=1S/C26H22N2O6S/c1-14-4-6-18(11-15(14)2)27-23(29)13-28-24(30)22(35-26(28)33)12-19-7-9-21(34-19)20-8-5-17(25(31)32)10-16(20)3/h4-12H,13H2,1-3H3,(H,27,29)(H,31,32)/b22-12-. The highest BCUT2D eigenvalue weighted by molar-refractivity contribution is 8.18. The monoisotopic (exact) mass is 490 g/mol. The van der Waals surface area contributed by atoms with Crippen molar-refractivity contribution in [1.29, 1.82) is 0 Å². The molecule has 35 heavy (non-hydrogen) atoms. The second kappa shape index (κ2) is 9.63. The predicted octanol–water partition coefficient (Wildman–Crippen LogP) is 5.25. The molecule has 1 aliphatic heterocycles. The minimum Gasteiger partial charge on any atom is -0.478 e. The van der Waals surface area contributed by atoms with E-state index in [0.29, 0.717) is 22.8 Å². The summed E-state index contributed by atoms with van der Waals surface area (Å²) in [7, 11) is 0. The van der Waals surface area contributed by atoms with Crippen molar-refractivity contribution in [3.63, 3.8) is 0 Å². The van der Waals surface area contributed by atoms with Gasteiger partial charge in [0.2, 0.25) is 5.91 Å². The smallest absolute Gasteiger partial charge is 0.335 e. The molecule has 4 rings (SSSR count). The number of carbonyl (C=O) groups is 4. The number of imide groups is 1. The van der Waals surface area contributed by atoms with Gasteiger partial charge in [-0.2, -0.15) is 0 Å². The van der Waals surface area contributed by atoms with Gasteiger partial charge in [-0.25, -0.2) is 4.79 Å². The molecule has 2 N–H and O–H groups in total. The van der Waals surface area contributed by atoms with Gasteiger partial charge in [-0.15, -0.1) is 0 Å². The van der Waals surface area contributed by atoms with Gasteiger partial charge in [0.1, 0.15) is 18.1 Å². The quantitative estimate of drug-likeness (QED) is 0.454. The van der Waals surface area contributed by atoms with E-state index in [1.54, 1.807) is 37.3 Å². The average Bonchev–Trinajstić information content (AvgIpc) is 3.36. The van der Waals surface area contributed by atoms with Crippen molar-refractivity contribution in [3.8, 4) is 11.3 Å². The molecule has 0 atom stereocenters. The number of anilines is 1. The van der Waals surface area contributed by atoms with Crippen LogP contribution in [0.25, 0.3) is 17.4 Å². The van der Waals surface area contributed by atoms with Crippen LogP contribution in [0.5, 0.6) is 0 Å². The number of amides is 3. The molecular weight excluding hydrogens is 468 g/mol. The molecule has 3 amide bonds. The van der Waals surface area contributed by atoms with E-state index in [-0.39, 0.29) is 10.5 Å². The van der Waals surface area contributed by atoms with Crippen molar-refractivity contribution in [1.82, 2.24) is 4.90 Å². The molecule has 0 aliphatic carbocycles. The van der Waals surface area contributed by atoms with Crippen molar-refractivity contribution in [2.24, 2.45) is 0 Å². The molecule has 2 heterocycles. The highest BCUT2D eigenvalue weighted by atomic mass is 32.2. The van der Waals surface area contributed by atoms with Crippen LogP contribution in [0.3, 0.4) is 0 Å². The van der Waals surface area contributed by atoms with E-state index in [2.05, 4.69) is 5.32 Å². The number of aromatic carboxylic acids is 1. The summed E-state index contributed by atoms with van der Waals surface area (Å²) in [6.45, 7) is 5.27. The van der Waals surface area contributed by atoms with Crippen molar-refractivity contribution in [3.05, 3.63) is 81.5 Å². The van der Waals surface area contributed by atoms with Crippen molar-refractivity contribution in [2.45, 2.75) is 20.8 Å². The van der Waals surface area contributed by atoms with Gasteiger partial charge in [0.05, 0.1) is 10.5 Å². The fourth-order valence-corrected chi connectivity index (χ4v) is 4.40. The van der Waals surface area contributed by atoms with Crippen molar-refractivity contribution in [2.75, 3.05) is 11.9 Å². The van der Waals surface area contributed by atoms with Crippen LogP contribution in [-0.4, -0.2) is 39.6 Å². The molecule has 9 heteroatoms. The Bertz CT molecular complexity index is 1400. The van der Waals surface area contributed by atoms with Gasteiger partial charge in [0.25, 0.3) is 11.1 Å². The molecule has 1 fully saturated rings. The van der Waals surface area contributed by atoms with E-state index in [9.17, 15) is 19.2 Å². The first-order valence-electron chi connectivity index (χ1n) is 10.7. The van der Waals surface area contributed by atoms with Gasteiger partial charge >= 0.3 is 5.97 Å². The minimum atomic E-state index is -1.02. The molecule has 2 aromatic carbocycles. The van der Waals surface area contributed by atoms with E-state index in [4.69, 9.17) is 9.52 Å². The fourth-order valence-electron chi connectivity index (χ4n) is 3.58. The van der Waals surface area contributed by atoms with Gasteiger partial charge in [-0.05, 0) is 85.6 Å². The maximum Gasteiger partial charge on any atom is 0.335 e. The van der Waals surface area contributed by atoms with E-state index < -0.39 is 29.6 Å². The van der Waals surface area contributed by atoms with E-state index in [1.807, 2.05) is 26.0 Å². The van der Waals surface area contributed by atoms with Crippen LogP contribution in [0.2, 0.25) is 0 Å². The summed E-state index contributed by atoms with van der Waals surface area (Å²) in [5.74, 6) is -1.21. The number of nitrogens with zero attached hydrogens (tertiary/aromatic N) is 1. The predicted molar refractivity (Wildman–Crippen MR) is 133 cm³/mol. The summed E-state index contributed by atoms with van der Waals surface area (Å²) in [5, 5.41) is 11.3. The zero-order valence-corrected chi connectivity index (χ0v) is 20.1. The molecule has 0 spiro atoms. The van der Waals surface area contributed by atoms with Crippen LogP contribution in [0.4, 0.5) is 10.5 Å². The average molecular weight is 491 g/mol. The summed E-state index contributed by atoms with van der Waals surface area (Å²) in [6.07, 6.45) is 1.45. The van der Waals surface area contributed by atoms with Crippen LogP contribution in [0, 0.1) is 20.8 Å². The molecule has 1 aliphatic rings. The third-order valence-corrected chi connectivity index (χ3v) is 6.51. The lowest BCUT2D eigenvalue weighted by molar-refractivity contribution is -0.127. The Morgan fingerprint density at radius 3 is 2.46 bits per heavy atom. The number of hydrogen-bond acceptors (Lipinski definition) is 6. The summed E-state index contributed by atoms with van der Waals surface area (Å²) in [6, 6.07) is 13.5. The third-order valence-electron chi connectivity index (χ3n) is 5.60. The second-order valence-electron chi connectivity index (χ2n) is 8.15. The summed E-state index contributed by atoms with van der Waals surface area (Å²) in [4.78, 5) is 49.8. The van der Waals surface area contributed by atoms with Crippen LogP contribution in [-0.2, 0) is 9.59 Å². The third kappa shape index (κ3) is 5.20. The molecule has 0 unspecified atom stereocenters. The molecule has 0 radical (unpaired) electrons. The number of nitrogens with one attached hydrogen (secondary N) is 1. The number of benzene rings is 2. The first-order valence-corrected chi connectivity index (χ1v) is 11.5. The number of carbonyl (C=O) groups excluding carboxylic acids is 3. The van der Waals surface area contributed by atoms with Gasteiger partial charge in [-0.1, -0.05) is 12.1 Å².